The molecule has 0 N–H and O–H groups in total. The van der Waals surface area contributed by atoms with Crippen LogP contribution in [0, 0.1) is 17.0 Å². The van der Waals surface area contributed by atoms with Crippen LogP contribution in [0.2, 0.25) is 0 Å². The maximum Gasteiger partial charge on any atom is 0.269 e. The van der Waals surface area contributed by atoms with Gasteiger partial charge in [0.15, 0.2) is 0 Å². The van der Waals surface area contributed by atoms with Gasteiger partial charge in [-0.05, 0) is 18.6 Å². The predicted octanol–water partition coefficient (Wildman–Crippen LogP) is 2.11. The van der Waals surface area contributed by atoms with Crippen LogP contribution in [0.5, 0.6) is 0 Å². The molecule has 18 heavy (non-hydrogen) atoms. The number of non-ortho nitro benzene ring substituents is 1. The SMILES string of the molecule is Cc1cccn(Cc2ccc([N+](=O)[O-])cc2)c1=O. The van der Waals surface area contributed by atoms with Gasteiger partial charge in [-0.3, -0.25) is 14.9 Å². The maximum absolute atomic E-state index is 11.8. The number of benzene rings is 1. The first-order valence-electron chi connectivity index (χ1n) is 5.47. The minimum atomic E-state index is -0.442. The molecule has 0 aliphatic heterocycles. The number of nitro benzene ring substituents is 1. The summed E-state index contributed by atoms with van der Waals surface area (Å²) >= 11 is 0. The summed E-state index contributed by atoms with van der Waals surface area (Å²) < 4.78 is 1.58. The lowest BCUT2D eigenvalue weighted by Crippen LogP contribution is -2.21. The van der Waals surface area contributed by atoms with Gasteiger partial charge in [0.05, 0.1) is 11.5 Å². The third kappa shape index (κ3) is 2.45. The van der Waals surface area contributed by atoms with E-state index in [-0.39, 0.29) is 11.2 Å². The van der Waals surface area contributed by atoms with Gasteiger partial charge in [-0.25, -0.2) is 0 Å². The van der Waals surface area contributed by atoms with E-state index in [2.05, 4.69) is 0 Å². The van der Waals surface area contributed by atoms with Crippen molar-refractivity contribution in [2.45, 2.75) is 13.5 Å². The zero-order valence-corrected chi connectivity index (χ0v) is 9.87. The van der Waals surface area contributed by atoms with Crippen molar-refractivity contribution in [3.8, 4) is 0 Å². The molecule has 1 heterocycles. The van der Waals surface area contributed by atoms with Crippen molar-refractivity contribution >= 4 is 5.69 Å². The Hall–Kier alpha value is -2.43. The van der Waals surface area contributed by atoms with E-state index in [0.717, 1.165) is 5.56 Å². The number of aryl methyl sites for hydroxylation is 1. The van der Waals surface area contributed by atoms with Gasteiger partial charge in [-0.2, -0.15) is 0 Å². The lowest BCUT2D eigenvalue weighted by molar-refractivity contribution is -0.384. The van der Waals surface area contributed by atoms with Crippen molar-refractivity contribution < 1.29 is 4.92 Å². The lowest BCUT2D eigenvalue weighted by Gasteiger charge is -2.06. The number of hydrogen-bond acceptors (Lipinski definition) is 3. The Morgan fingerprint density at radius 3 is 2.50 bits per heavy atom. The fourth-order valence-electron chi connectivity index (χ4n) is 1.70. The van der Waals surface area contributed by atoms with E-state index < -0.39 is 4.92 Å². The summed E-state index contributed by atoms with van der Waals surface area (Å²) in [4.78, 5) is 21.9. The van der Waals surface area contributed by atoms with Crippen molar-refractivity contribution in [1.29, 1.82) is 0 Å². The fourth-order valence-corrected chi connectivity index (χ4v) is 1.70. The van der Waals surface area contributed by atoms with Crippen molar-refractivity contribution in [3.63, 3.8) is 0 Å². The highest BCUT2D eigenvalue weighted by atomic mass is 16.6. The van der Waals surface area contributed by atoms with E-state index in [1.165, 1.54) is 12.1 Å². The molecule has 0 amide bonds. The molecule has 0 aliphatic rings. The molecule has 1 aromatic heterocycles. The standard InChI is InChI=1S/C13H12N2O3/c1-10-3-2-8-14(13(10)16)9-11-4-6-12(7-5-11)15(17)18/h2-8H,9H2,1H3. The Morgan fingerprint density at radius 1 is 1.22 bits per heavy atom. The summed E-state index contributed by atoms with van der Waals surface area (Å²) in [6, 6.07) is 9.77. The van der Waals surface area contributed by atoms with Crippen molar-refractivity contribution in [1.82, 2.24) is 4.57 Å². The third-order valence-electron chi connectivity index (χ3n) is 2.71. The van der Waals surface area contributed by atoms with E-state index >= 15 is 0 Å². The normalized spacial score (nSPS) is 10.3. The maximum atomic E-state index is 11.8. The summed E-state index contributed by atoms with van der Waals surface area (Å²) in [6.45, 7) is 2.17. The summed E-state index contributed by atoms with van der Waals surface area (Å²) in [7, 11) is 0. The first kappa shape index (κ1) is 12.0. The lowest BCUT2D eigenvalue weighted by atomic mass is 10.2. The molecule has 5 nitrogen and oxygen atoms in total. The van der Waals surface area contributed by atoms with Crippen LogP contribution in [-0.2, 0) is 6.54 Å². The second kappa shape index (κ2) is 4.83. The van der Waals surface area contributed by atoms with Crippen LogP contribution >= 0.6 is 0 Å². The monoisotopic (exact) mass is 244 g/mol. The molecule has 92 valence electrons. The second-order valence-corrected chi connectivity index (χ2v) is 4.05. The highest BCUT2D eigenvalue weighted by Crippen LogP contribution is 2.12. The van der Waals surface area contributed by atoms with E-state index in [1.54, 1.807) is 35.9 Å². The van der Waals surface area contributed by atoms with Crippen LogP contribution in [0.3, 0.4) is 0 Å². The Kier molecular flexibility index (Phi) is 3.23. The Bertz CT molecular complexity index is 629. The van der Waals surface area contributed by atoms with Gasteiger partial charge in [0, 0.05) is 23.9 Å². The molecule has 0 fully saturated rings. The summed E-state index contributed by atoms with van der Waals surface area (Å²) in [5.41, 5.74) is 1.54. The van der Waals surface area contributed by atoms with Crippen molar-refractivity contribution in [2.75, 3.05) is 0 Å². The van der Waals surface area contributed by atoms with Crippen LogP contribution < -0.4 is 5.56 Å². The average molecular weight is 244 g/mol. The molecule has 1 aromatic carbocycles. The quantitative estimate of drug-likeness (QED) is 0.613. The number of hydrogen-bond donors (Lipinski definition) is 0. The van der Waals surface area contributed by atoms with E-state index in [1.807, 2.05) is 6.07 Å². The molecule has 0 radical (unpaired) electrons. The minimum absolute atomic E-state index is 0.0455. The number of aromatic nitrogens is 1. The van der Waals surface area contributed by atoms with Crippen LogP contribution in [0.15, 0.2) is 47.4 Å². The number of pyridine rings is 1. The molecule has 0 spiro atoms. The molecular weight excluding hydrogens is 232 g/mol. The molecule has 0 saturated carbocycles. The number of rotatable bonds is 3. The van der Waals surface area contributed by atoms with Crippen LogP contribution in [-0.4, -0.2) is 9.49 Å². The highest BCUT2D eigenvalue weighted by Gasteiger charge is 2.05. The van der Waals surface area contributed by atoms with Crippen molar-refractivity contribution in [3.05, 3.63) is 74.2 Å². The van der Waals surface area contributed by atoms with Gasteiger partial charge in [-0.1, -0.05) is 18.2 Å². The number of nitrogens with zero attached hydrogens (tertiary/aromatic N) is 2. The van der Waals surface area contributed by atoms with E-state index in [4.69, 9.17) is 0 Å². The largest absolute Gasteiger partial charge is 0.311 e. The molecule has 5 heteroatoms. The Morgan fingerprint density at radius 2 is 1.89 bits per heavy atom. The smallest absolute Gasteiger partial charge is 0.269 e. The summed E-state index contributed by atoms with van der Waals surface area (Å²) in [6.07, 6.45) is 1.71. The summed E-state index contributed by atoms with van der Waals surface area (Å²) in [5.74, 6) is 0. The van der Waals surface area contributed by atoms with Gasteiger partial charge in [0.25, 0.3) is 11.2 Å². The zero-order chi connectivity index (χ0) is 13.1. The highest BCUT2D eigenvalue weighted by molar-refractivity contribution is 5.33. The van der Waals surface area contributed by atoms with Gasteiger partial charge in [-0.15, -0.1) is 0 Å². The fraction of sp³-hybridized carbons (Fsp3) is 0.154. The molecule has 0 saturated heterocycles. The molecule has 2 aromatic rings. The second-order valence-electron chi connectivity index (χ2n) is 4.05. The first-order chi connectivity index (χ1) is 8.58. The molecule has 0 aliphatic carbocycles. The van der Waals surface area contributed by atoms with E-state index in [0.29, 0.717) is 12.1 Å². The molecule has 0 atom stereocenters. The average Bonchev–Trinajstić information content (AvgIpc) is 2.36. The van der Waals surface area contributed by atoms with Crippen molar-refractivity contribution in [2.24, 2.45) is 0 Å². The predicted molar refractivity (Wildman–Crippen MR) is 67.6 cm³/mol. The zero-order valence-electron chi connectivity index (χ0n) is 9.87. The van der Waals surface area contributed by atoms with Crippen LogP contribution in [0.1, 0.15) is 11.1 Å². The van der Waals surface area contributed by atoms with Gasteiger partial charge in [0.1, 0.15) is 0 Å². The van der Waals surface area contributed by atoms with Crippen LogP contribution in [0.4, 0.5) is 5.69 Å². The van der Waals surface area contributed by atoms with Gasteiger partial charge < -0.3 is 4.57 Å². The Balaban J connectivity index is 2.26. The number of nitro groups is 1. The van der Waals surface area contributed by atoms with E-state index in [9.17, 15) is 14.9 Å². The Labute approximate surface area is 103 Å². The van der Waals surface area contributed by atoms with Gasteiger partial charge >= 0.3 is 0 Å². The first-order valence-corrected chi connectivity index (χ1v) is 5.47. The van der Waals surface area contributed by atoms with Gasteiger partial charge in [0.2, 0.25) is 0 Å². The minimum Gasteiger partial charge on any atom is -0.311 e. The topological polar surface area (TPSA) is 65.1 Å². The molecular formula is C13H12N2O3. The molecule has 2 rings (SSSR count). The molecule has 0 bridgehead atoms. The molecule has 0 unspecified atom stereocenters. The third-order valence-corrected chi connectivity index (χ3v) is 2.71. The van der Waals surface area contributed by atoms with Crippen LogP contribution in [0.25, 0.3) is 0 Å². The summed E-state index contributed by atoms with van der Waals surface area (Å²) in [5, 5.41) is 10.5.